The Hall–Kier alpha value is -2.93. The molecule has 0 aromatic heterocycles. The average Bonchev–Trinajstić information content (AvgIpc) is 2.72. The molecule has 2 aliphatic carbocycles. The van der Waals surface area contributed by atoms with E-state index in [0.29, 0.717) is 0 Å². The highest BCUT2D eigenvalue weighted by Gasteiger charge is 2.23. The van der Waals surface area contributed by atoms with Crippen LogP contribution in [-0.2, 0) is 12.8 Å². The monoisotopic (exact) mass is 350 g/mol. The van der Waals surface area contributed by atoms with E-state index in [1.807, 2.05) is 31.2 Å². The molecule has 132 valence electrons. The molecule has 1 atom stereocenters. The first-order chi connectivity index (χ1) is 13.2. The lowest BCUT2D eigenvalue weighted by Crippen LogP contribution is -2.37. The first-order valence-electron chi connectivity index (χ1n) is 9.74. The molecule has 0 aliphatic heterocycles. The molecule has 0 heterocycles. The number of aryl methyl sites for hydroxylation is 2. The highest BCUT2D eigenvalue weighted by molar-refractivity contribution is 6.01. The van der Waals surface area contributed by atoms with Crippen molar-refractivity contribution in [2.45, 2.75) is 26.2 Å². The summed E-state index contributed by atoms with van der Waals surface area (Å²) >= 11 is 0. The number of hydrogen-bond donors (Lipinski definition) is 0. The Balaban J connectivity index is 1.64. The van der Waals surface area contributed by atoms with Crippen LogP contribution in [0.4, 0.5) is 0 Å². The van der Waals surface area contributed by atoms with Gasteiger partial charge >= 0.3 is 0 Å². The van der Waals surface area contributed by atoms with Crippen molar-refractivity contribution in [1.82, 2.24) is 0 Å². The number of ketones is 1. The number of Topliss-reactive ketones (excluding diaryl/α,β-unsaturated/α-hetero) is 1. The van der Waals surface area contributed by atoms with Gasteiger partial charge in [-0.3, -0.25) is 4.79 Å². The number of fused-ring (bicyclic) bond motifs is 5. The van der Waals surface area contributed by atoms with Gasteiger partial charge in [0.1, 0.15) is 0 Å². The summed E-state index contributed by atoms with van der Waals surface area (Å²) in [5.41, 5.74) is 7.36. The standard InChI is InChI=1S/C26H22O/c1-17-5-4-7-20(15-17)26(27)21-10-9-19-12-13-23-22-8-3-2-6-18(22)11-14-24(23)25(19)16-21/h2-8,12-16,21H,9-11H2,1H3. The van der Waals surface area contributed by atoms with E-state index in [2.05, 4.69) is 48.6 Å². The van der Waals surface area contributed by atoms with Crippen molar-refractivity contribution in [2.24, 2.45) is 5.92 Å². The van der Waals surface area contributed by atoms with Gasteiger partial charge < -0.3 is 0 Å². The van der Waals surface area contributed by atoms with Crippen molar-refractivity contribution < 1.29 is 4.79 Å². The Labute approximate surface area is 159 Å². The molecule has 3 aromatic rings. The van der Waals surface area contributed by atoms with Gasteiger partial charge in [0.05, 0.1) is 0 Å². The maximum absolute atomic E-state index is 13.1. The third-order valence-corrected chi connectivity index (χ3v) is 5.94. The molecule has 0 fully saturated rings. The molecule has 0 N–H and O–H groups in total. The first-order valence-corrected chi connectivity index (χ1v) is 9.74. The lowest BCUT2D eigenvalue weighted by molar-refractivity contribution is 0.0946. The smallest absolute Gasteiger partial charge is 0.169 e. The minimum absolute atomic E-state index is 0.0311. The van der Waals surface area contributed by atoms with Crippen LogP contribution in [0.15, 0.2) is 60.7 Å². The second-order valence-electron chi connectivity index (χ2n) is 7.71. The topological polar surface area (TPSA) is 17.1 Å². The molecule has 2 aliphatic rings. The second kappa shape index (κ2) is 6.35. The summed E-state index contributed by atoms with van der Waals surface area (Å²) in [6.45, 7) is 2.04. The van der Waals surface area contributed by atoms with E-state index in [-0.39, 0.29) is 11.7 Å². The lowest BCUT2D eigenvalue weighted by Gasteiger charge is -2.21. The molecule has 5 rings (SSSR count). The predicted molar refractivity (Wildman–Crippen MR) is 111 cm³/mol. The Morgan fingerprint density at radius 1 is 0.889 bits per heavy atom. The maximum Gasteiger partial charge on any atom is 0.169 e. The van der Waals surface area contributed by atoms with E-state index < -0.39 is 0 Å². The highest BCUT2D eigenvalue weighted by atomic mass is 16.1. The summed E-state index contributed by atoms with van der Waals surface area (Å²) in [7, 11) is 0. The average molecular weight is 350 g/mol. The predicted octanol–water partition coefficient (Wildman–Crippen LogP) is 4.22. The number of carbonyl (C=O) groups is 1. The molecule has 1 heteroatoms. The van der Waals surface area contributed by atoms with Crippen LogP contribution in [0.1, 0.15) is 33.5 Å². The Morgan fingerprint density at radius 3 is 2.67 bits per heavy atom. The molecule has 27 heavy (non-hydrogen) atoms. The van der Waals surface area contributed by atoms with Gasteiger partial charge in [0, 0.05) is 11.5 Å². The third-order valence-electron chi connectivity index (χ3n) is 5.94. The number of benzene rings is 3. The Kier molecular flexibility index (Phi) is 3.82. The highest BCUT2D eigenvalue weighted by Crippen LogP contribution is 2.26. The van der Waals surface area contributed by atoms with E-state index >= 15 is 0 Å². The van der Waals surface area contributed by atoms with E-state index in [1.165, 1.54) is 32.7 Å². The summed E-state index contributed by atoms with van der Waals surface area (Å²) in [5.74, 6) is 0.217. The van der Waals surface area contributed by atoms with E-state index in [0.717, 1.165) is 30.4 Å². The van der Waals surface area contributed by atoms with Crippen molar-refractivity contribution >= 4 is 17.9 Å². The SMILES string of the molecule is Cc1cccc(C(=O)C2C=c3c(ccc4c3=CCc3ccccc3-4)CC2)c1. The summed E-state index contributed by atoms with van der Waals surface area (Å²) in [6.07, 6.45) is 7.40. The van der Waals surface area contributed by atoms with Crippen LogP contribution in [0.3, 0.4) is 0 Å². The molecule has 0 saturated carbocycles. The van der Waals surface area contributed by atoms with E-state index in [1.54, 1.807) is 0 Å². The van der Waals surface area contributed by atoms with Crippen LogP contribution < -0.4 is 10.4 Å². The third kappa shape index (κ3) is 2.75. The van der Waals surface area contributed by atoms with Crippen LogP contribution in [0, 0.1) is 12.8 Å². The second-order valence-corrected chi connectivity index (χ2v) is 7.71. The molecule has 0 spiro atoms. The summed E-state index contributed by atoms with van der Waals surface area (Å²) in [6, 6.07) is 21.1. The van der Waals surface area contributed by atoms with Gasteiger partial charge in [-0.15, -0.1) is 0 Å². The van der Waals surface area contributed by atoms with Crippen LogP contribution >= 0.6 is 0 Å². The van der Waals surface area contributed by atoms with Crippen LogP contribution in [0.5, 0.6) is 0 Å². The molecule has 0 amide bonds. The lowest BCUT2D eigenvalue weighted by atomic mass is 9.82. The van der Waals surface area contributed by atoms with Crippen LogP contribution in [0.2, 0.25) is 0 Å². The fraction of sp³-hybridized carbons (Fsp3) is 0.192. The van der Waals surface area contributed by atoms with Gasteiger partial charge in [-0.05, 0) is 64.9 Å². The Morgan fingerprint density at radius 2 is 1.78 bits per heavy atom. The minimum atomic E-state index is -0.0311. The molecular formula is C26H22O. The normalized spacial score (nSPS) is 17.0. The molecule has 3 aromatic carbocycles. The summed E-state index contributed by atoms with van der Waals surface area (Å²) < 4.78 is 0. The van der Waals surface area contributed by atoms with Gasteiger partial charge in [0.2, 0.25) is 0 Å². The zero-order chi connectivity index (χ0) is 18.4. The molecule has 0 radical (unpaired) electrons. The van der Waals surface area contributed by atoms with Gasteiger partial charge in [0.15, 0.2) is 5.78 Å². The quantitative estimate of drug-likeness (QED) is 0.632. The van der Waals surface area contributed by atoms with Gasteiger partial charge in [-0.1, -0.05) is 72.3 Å². The van der Waals surface area contributed by atoms with Crippen molar-refractivity contribution in [3.05, 3.63) is 93.4 Å². The number of carbonyl (C=O) groups excluding carboxylic acids is 1. The van der Waals surface area contributed by atoms with Gasteiger partial charge in [-0.2, -0.15) is 0 Å². The number of rotatable bonds is 2. The molecule has 1 unspecified atom stereocenters. The fourth-order valence-electron chi connectivity index (χ4n) is 4.54. The minimum Gasteiger partial charge on any atom is -0.294 e. The van der Waals surface area contributed by atoms with Gasteiger partial charge in [0.25, 0.3) is 0 Å². The molecule has 0 saturated heterocycles. The molecule has 1 nitrogen and oxygen atoms in total. The fourth-order valence-corrected chi connectivity index (χ4v) is 4.54. The van der Waals surface area contributed by atoms with Crippen LogP contribution in [0.25, 0.3) is 23.3 Å². The van der Waals surface area contributed by atoms with Crippen LogP contribution in [-0.4, -0.2) is 5.78 Å². The van der Waals surface area contributed by atoms with Crippen molar-refractivity contribution in [2.75, 3.05) is 0 Å². The van der Waals surface area contributed by atoms with Crippen molar-refractivity contribution in [1.29, 1.82) is 0 Å². The zero-order valence-electron chi connectivity index (χ0n) is 15.5. The van der Waals surface area contributed by atoms with E-state index in [4.69, 9.17) is 0 Å². The summed E-state index contributed by atoms with van der Waals surface area (Å²) in [5, 5.41) is 2.59. The van der Waals surface area contributed by atoms with Crippen molar-refractivity contribution in [3.8, 4) is 11.1 Å². The Bertz CT molecular complexity index is 1180. The molecule has 0 bridgehead atoms. The first kappa shape index (κ1) is 16.3. The maximum atomic E-state index is 13.1. The number of hydrogen-bond acceptors (Lipinski definition) is 1. The molecular weight excluding hydrogens is 328 g/mol. The van der Waals surface area contributed by atoms with Crippen molar-refractivity contribution in [3.63, 3.8) is 0 Å². The van der Waals surface area contributed by atoms with E-state index in [9.17, 15) is 4.79 Å². The zero-order valence-corrected chi connectivity index (χ0v) is 15.5. The van der Waals surface area contributed by atoms with Gasteiger partial charge in [-0.25, -0.2) is 0 Å². The summed E-state index contributed by atoms with van der Waals surface area (Å²) in [4.78, 5) is 13.1. The largest absolute Gasteiger partial charge is 0.294 e.